The van der Waals surface area contributed by atoms with E-state index in [0.717, 1.165) is 0 Å². The van der Waals surface area contributed by atoms with E-state index < -0.39 is 42.8 Å². The predicted octanol–water partition coefficient (Wildman–Crippen LogP) is -8.47. The second-order valence-electron chi connectivity index (χ2n) is 2.76. The van der Waals surface area contributed by atoms with Gasteiger partial charge in [0.05, 0.1) is 0 Å². The zero-order chi connectivity index (χ0) is 11.4. The molecule has 4 N–H and O–H groups in total. The van der Waals surface area contributed by atoms with Crippen LogP contribution in [0.15, 0.2) is 0 Å². The minimum Gasteiger partial charge on any atom is -0.813 e. The number of carbonyl (C=O) groups excluding carboxylic acids is 2. The van der Waals surface area contributed by atoms with Gasteiger partial charge in [0.1, 0.15) is 0 Å². The Morgan fingerprint density at radius 1 is 0.625 bits per heavy atom. The topological polar surface area (TPSA) is 171 Å². The first-order valence-corrected chi connectivity index (χ1v) is 3.63. The molecule has 32 heavy (non-hydrogen) atoms. The summed E-state index contributed by atoms with van der Waals surface area (Å²) in [4.78, 5) is 30.5. The Balaban J connectivity index is -0.00000000552. The number of hydrogen-bond donors (Lipinski definition) is 2. The Bertz CT molecular complexity index is 313. The van der Waals surface area contributed by atoms with Crippen LogP contribution in [0.25, 0.3) is 6.15 Å². The number of thiol groups is 3. The average Bonchev–Trinajstić information content (AvgIpc) is 1.99. The summed E-state index contributed by atoms with van der Waals surface area (Å²) in [5.41, 5.74) is -2.61. The maximum Gasteiger partial charge on any atom is 0.336 e. The van der Waals surface area contributed by atoms with Crippen molar-refractivity contribution in [1.82, 2.24) is 0 Å². The van der Waals surface area contributed by atoms with Gasteiger partial charge in [-0.2, -0.15) is 0 Å². The summed E-state index contributed by atoms with van der Waals surface area (Å²) in [6.45, 7) is 0. The van der Waals surface area contributed by atoms with Gasteiger partial charge in [0, 0.05) is 155 Å². The van der Waals surface area contributed by atoms with Crippen molar-refractivity contribution in [3.63, 3.8) is 0 Å². The van der Waals surface area contributed by atoms with Gasteiger partial charge in [-0.05, 0) is 12.8 Å². The third kappa shape index (κ3) is 83.4. The molecule has 0 bridgehead atoms. The van der Waals surface area contributed by atoms with E-state index in [2.05, 4.69) is 0 Å². The summed E-state index contributed by atoms with van der Waals surface area (Å²) < 4.78 is 0. The Morgan fingerprint density at radius 3 is 0.969 bits per heavy atom. The first-order valence-electron chi connectivity index (χ1n) is 3.63. The first kappa shape index (κ1) is 145. The molecular formula is C7H31Fe8NO7S9. The van der Waals surface area contributed by atoms with Crippen LogP contribution in [-0.2, 0) is 272 Å². The maximum absolute atomic E-state index is 10.4. The molecule has 25 heteroatoms. The van der Waals surface area contributed by atoms with Gasteiger partial charge in [-0.15, -0.1) is 0 Å². The molecule has 0 saturated heterocycles. The predicted molar refractivity (Wildman–Crippen MR) is 137 cm³/mol. The second kappa shape index (κ2) is 83.3. The monoisotopic (exact) mass is 976 g/mol. The molecule has 0 heterocycles. The smallest absolute Gasteiger partial charge is 0.336 e. The molecule has 0 rings (SSSR count). The maximum atomic E-state index is 10.4. The third-order valence-corrected chi connectivity index (χ3v) is 1.58. The summed E-state index contributed by atoms with van der Waals surface area (Å²) in [6.07, 6.45) is -2.63. The van der Waals surface area contributed by atoms with E-state index in [9.17, 15) is 29.7 Å². The van der Waals surface area contributed by atoms with Crippen LogP contribution in [0.5, 0.6) is 0 Å². The summed E-state index contributed by atoms with van der Waals surface area (Å²) in [5.74, 6) is -5.14. The van der Waals surface area contributed by atoms with Crippen LogP contribution in [0, 0.1) is 0 Å². The molecule has 0 radical (unpaired) electrons. The van der Waals surface area contributed by atoms with Gasteiger partial charge >= 0.3 is 5.97 Å². The van der Waals surface area contributed by atoms with Crippen molar-refractivity contribution >= 4 is 139 Å². The molecule has 0 aromatic rings. The Kier molecular flexibility index (Phi) is 379. The molecule has 0 aliphatic carbocycles. The van der Waals surface area contributed by atoms with Crippen molar-refractivity contribution in [2.45, 2.75) is 24.9 Å². The molecule has 0 spiro atoms. The van der Waals surface area contributed by atoms with Gasteiger partial charge in [-0.1, -0.05) is 81.0 Å². The average molecular weight is 977 g/mol. The molecule has 0 saturated carbocycles. The van der Waals surface area contributed by atoms with Crippen molar-refractivity contribution in [3.05, 3.63) is 6.15 Å². The molecule has 0 aromatic heterocycles. The van der Waals surface area contributed by atoms with E-state index >= 15 is 0 Å². The van der Waals surface area contributed by atoms with Crippen LogP contribution >= 0.6 is 0 Å². The van der Waals surface area contributed by atoms with Gasteiger partial charge in [-0.25, -0.2) is 4.79 Å². The standard InChI is InChI=1S/C7H10O7.8Fe.H2N.9H2S/c8-4(9)1-2-7(14,6(12)13)3-5(10)11;;;;;;;;;;;;;;;;;;/h14H,1-3H2,(H,8,9)(H,10,11)(H,12,13);;;;;;;;;10*1H2/q;;;;;;;;;-1;;;;;;;;;/p+1. The van der Waals surface area contributed by atoms with E-state index in [1.807, 2.05) is 0 Å². The van der Waals surface area contributed by atoms with Crippen molar-refractivity contribution in [2.75, 3.05) is 0 Å². The fourth-order valence-electron chi connectivity index (χ4n) is 0.819. The minimum absolute atomic E-state index is 0. The number of nitrogens with two attached hydrogens (primary N) is 1. The van der Waals surface area contributed by atoms with Gasteiger partial charge in [-0.3, -0.25) is 0 Å². The zero-order valence-electron chi connectivity index (χ0n) is 15.3. The number of aliphatic carboxylic acids is 3. The van der Waals surface area contributed by atoms with E-state index in [0.29, 0.717) is 0 Å². The molecular weight excluding hydrogens is 945 g/mol. The van der Waals surface area contributed by atoms with Gasteiger partial charge in [0.15, 0.2) is 5.60 Å². The molecule has 1 atom stereocenters. The Hall–Kier alpha value is 5.64. The molecule has 224 valence electrons. The van der Waals surface area contributed by atoms with E-state index in [4.69, 9.17) is 5.11 Å². The normalized spacial score (nSPS) is 6.28. The number of carbonyl (C=O) groups is 3. The van der Waals surface area contributed by atoms with Crippen molar-refractivity contribution in [2.24, 2.45) is 0 Å². The van der Waals surface area contributed by atoms with Crippen molar-refractivity contribution in [3.8, 4) is 0 Å². The fourth-order valence-corrected chi connectivity index (χ4v) is 0.819. The Morgan fingerprint density at radius 2 is 0.844 bits per heavy atom. The largest absolute Gasteiger partial charge is 0.813 e. The summed E-state index contributed by atoms with van der Waals surface area (Å²) >= 11 is 0. The van der Waals surface area contributed by atoms with E-state index in [1.165, 1.54) is 0 Å². The SMILES string of the molecule is O=C([O-])CCC(O)(CC(=O)[O-])C(=O)O.[Fe].[Fe].[Fe].[Fe].[Fe].[Fe].[Fe].[Fe].[NH2-].[SH-].[SH-].[SH-].[SH3+].[SH3+].[SH3+].[SH3+].[SH3+].[SH3+]. The number of carboxylic acids is 3. The molecule has 1 unspecified atom stereocenters. The van der Waals surface area contributed by atoms with E-state index in [1.54, 1.807) is 0 Å². The van der Waals surface area contributed by atoms with Gasteiger partial charge in [0.25, 0.3) is 0 Å². The van der Waals surface area contributed by atoms with Gasteiger partial charge < -0.3 is 76.7 Å². The van der Waals surface area contributed by atoms with E-state index in [-0.39, 0.29) is 264 Å². The van der Waals surface area contributed by atoms with Crippen molar-refractivity contribution in [1.29, 1.82) is 0 Å². The second-order valence-corrected chi connectivity index (χ2v) is 2.76. The molecule has 0 aromatic carbocycles. The molecule has 0 fully saturated rings. The van der Waals surface area contributed by atoms with Gasteiger partial charge in [0.2, 0.25) is 0 Å². The third-order valence-electron chi connectivity index (χ3n) is 1.58. The van der Waals surface area contributed by atoms with Crippen LogP contribution < -0.4 is 10.2 Å². The quantitative estimate of drug-likeness (QED) is 0.113. The fraction of sp³-hybridized carbons (Fsp3) is 0.571. The molecule has 0 aliphatic rings. The summed E-state index contributed by atoms with van der Waals surface area (Å²) in [6, 6.07) is 0. The van der Waals surface area contributed by atoms with Crippen LogP contribution in [0.1, 0.15) is 19.3 Å². The number of aliphatic hydroxyl groups is 1. The van der Waals surface area contributed by atoms with Crippen LogP contribution in [0.3, 0.4) is 0 Å². The number of hydrogen-bond acceptors (Lipinski definition) is 9. The Labute approximate surface area is 336 Å². The molecule has 0 aliphatic heterocycles. The minimum atomic E-state index is -2.61. The van der Waals surface area contributed by atoms with Crippen LogP contribution in [0.4, 0.5) is 0 Å². The zero-order valence-corrected chi connectivity index (χ0v) is 33.7. The number of rotatable bonds is 6. The summed E-state index contributed by atoms with van der Waals surface area (Å²) in [5, 5.41) is 37.7. The number of carboxylic acid groups (broad SMARTS) is 3. The van der Waals surface area contributed by atoms with Crippen LogP contribution in [0.2, 0.25) is 0 Å². The summed E-state index contributed by atoms with van der Waals surface area (Å²) in [7, 11) is 0. The first-order chi connectivity index (χ1) is 6.28. The van der Waals surface area contributed by atoms with Crippen LogP contribution in [-0.4, -0.2) is 33.7 Å². The van der Waals surface area contributed by atoms with Crippen molar-refractivity contribution < 1.29 is 171 Å². The molecule has 0 amide bonds. The molecule has 8 nitrogen and oxygen atoms in total.